The average Bonchev–Trinajstić information content (AvgIpc) is 3.21. The van der Waals surface area contributed by atoms with Gasteiger partial charge < -0.3 is 19.6 Å². The van der Waals surface area contributed by atoms with E-state index in [2.05, 4.69) is 4.98 Å². The lowest BCUT2D eigenvalue weighted by Gasteiger charge is -2.23. The maximum atomic E-state index is 11.8. The van der Waals surface area contributed by atoms with Crippen LogP contribution in [-0.2, 0) is 17.8 Å². The summed E-state index contributed by atoms with van der Waals surface area (Å²) in [5, 5.41) is 10.5. The van der Waals surface area contributed by atoms with E-state index in [1.165, 1.54) is 19.3 Å². The molecule has 0 spiro atoms. The summed E-state index contributed by atoms with van der Waals surface area (Å²) < 4.78 is 12.3. The fourth-order valence-corrected chi connectivity index (χ4v) is 4.74. The van der Waals surface area contributed by atoms with E-state index >= 15 is 0 Å². The molecule has 0 aliphatic heterocycles. The zero-order valence-electron chi connectivity index (χ0n) is 19.1. The van der Waals surface area contributed by atoms with Crippen LogP contribution in [0.15, 0.2) is 72.8 Å². The van der Waals surface area contributed by atoms with Crippen LogP contribution < -0.4 is 9.47 Å². The second kappa shape index (κ2) is 10.0. The Labute approximate surface area is 199 Å². The minimum absolute atomic E-state index is 0.0721. The largest absolute Gasteiger partial charge is 0.490 e. The fourth-order valence-electron chi connectivity index (χ4n) is 4.74. The number of carbonyl (C=O) groups is 1. The molecule has 34 heavy (non-hydrogen) atoms. The molecular formula is C29H29NO4. The number of rotatable bonds is 8. The Morgan fingerprint density at radius 1 is 0.912 bits per heavy atom. The SMILES string of the molecule is O=C(O)Cc1c(-c2cccc(OCc3ccccc3)c2)[nH]c2ccc(OC3CCCCC3)cc12. The maximum Gasteiger partial charge on any atom is 0.307 e. The molecule has 0 bridgehead atoms. The van der Waals surface area contributed by atoms with Gasteiger partial charge in [-0.25, -0.2) is 0 Å². The Morgan fingerprint density at radius 2 is 1.74 bits per heavy atom. The summed E-state index contributed by atoms with van der Waals surface area (Å²) in [7, 11) is 0. The van der Waals surface area contributed by atoms with Gasteiger partial charge in [0.05, 0.1) is 18.2 Å². The van der Waals surface area contributed by atoms with Gasteiger partial charge in [0, 0.05) is 16.5 Å². The highest BCUT2D eigenvalue weighted by molar-refractivity contribution is 5.94. The summed E-state index contributed by atoms with van der Waals surface area (Å²) in [6, 6.07) is 23.7. The Morgan fingerprint density at radius 3 is 2.53 bits per heavy atom. The number of H-pyrrole nitrogens is 1. The van der Waals surface area contributed by atoms with Crippen molar-refractivity contribution in [2.75, 3.05) is 0 Å². The Hall–Kier alpha value is -3.73. The molecule has 5 rings (SSSR count). The van der Waals surface area contributed by atoms with Crippen molar-refractivity contribution in [3.8, 4) is 22.8 Å². The first-order valence-corrected chi connectivity index (χ1v) is 12.0. The third kappa shape index (κ3) is 5.09. The van der Waals surface area contributed by atoms with Crippen LogP contribution in [0.5, 0.6) is 11.5 Å². The Balaban J connectivity index is 1.45. The van der Waals surface area contributed by atoms with Gasteiger partial charge in [-0.05, 0) is 67.1 Å². The Kier molecular flexibility index (Phi) is 6.52. The minimum atomic E-state index is -0.864. The molecule has 0 radical (unpaired) electrons. The number of carboxylic acid groups (broad SMARTS) is 1. The van der Waals surface area contributed by atoms with E-state index in [9.17, 15) is 9.90 Å². The number of hydrogen-bond donors (Lipinski definition) is 2. The number of hydrogen-bond acceptors (Lipinski definition) is 3. The predicted molar refractivity (Wildman–Crippen MR) is 133 cm³/mol. The molecule has 0 saturated heterocycles. The van der Waals surface area contributed by atoms with Gasteiger partial charge in [-0.15, -0.1) is 0 Å². The summed E-state index contributed by atoms with van der Waals surface area (Å²) in [4.78, 5) is 15.2. The van der Waals surface area contributed by atoms with Crippen LogP contribution in [0.1, 0.15) is 43.2 Å². The van der Waals surface area contributed by atoms with Crippen molar-refractivity contribution in [1.82, 2.24) is 4.98 Å². The van der Waals surface area contributed by atoms with Gasteiger partial charge in [-0.1, -0.05) is 48.9 Å². The molecule has 1 aliphatic rings. The molecule has 1 aromatic heterocycles. The van der Waals surface area contributed by atoms with Gasteiger partial charge in [0.25, 0.3) is 0 Å². The monoisotopic (exact) mass is 455 g/mol. The summed E-state index contributed by atoms with van der Waals surface area (Å²) >= 11 is 0. The lowest BCUT2D eigenvalue weighted by molar-refractivity contribution is -0.136. The second-order valence-electron chi connectivity index (χ2n) is 8.94. The highest BCUT2D eigenvalue weighted by atomic mass is 16.5. The third-order valence-corrected chi connectivity index (χ3v) is 6.43. The van der Waals surface area contributed by atoms with E-state index in [1.807, 2.05) is 72.8 Å². The smallest absolute Gasteiger partial charge is 0.307 e. The molecule has 0 amide bonds. The number of aromatic nitrogens is 1. The molecule has 2 N–H and O–H groups in total. The van der Waals surface area contributed by atoms with E-state index in [-0.39, 0.29) is 12.5 Å². The first kappa shape index (κ1) is 22.1. The van der Waals surface area contributed by atoms with E-state index in [0.29, 0.717) is 6.61 Å². The fraction of sp³-hybridized carbons (Fsp3) is 0.276. The van der Waals surface area contributed by atoms with Crippen molar-refractivity contribution in [3.63, 3.8) is 0 Å². The molecule has 1 aliphatic carbocycles. The van der Waals surface area contributed by atoms with Gasteiger partial charge >= 0.3 is 5.97 Å². The first-order chi connectivity index (χ1) is 16.7. The van der Waals surface area contributed by atoms with Crippen LogP contribution in [0.4, 0.5) is 0 Å². The van der Waals surface area contributed by atoms with Crippen LogP contribution in [-0.4, -0.2) is 22.2 Å². The van der Waals surface area contributed by atoms with E-state index in [1.54, 1.807) is 0 Å². The van der Waals surface area contributed by atoms with Crippen LogP contribution >= 0.6 is 0 Å². The summed E-state index contributed by atoms with van der Waals surface area (Å²) in [6.07, 6.45) is 6.00. The van der Waals surface area contributed by atoms with Crippen LogP contribution in [0.25, 0.3) is 22.2 Å². The molecule has 0 unspecified atom stereocenters. The Bertz CT molecular complexity index is 1270. The summed E-state index contributed by atoms with van der Waals surface area (Å²) in [6.45, 7) is 0.473. The predicted octanol–water partition coefficient (Wildman–Crippen LogP) is 6.75. The molecular weight excluding hydrogens is 426 g/mol. The average molecular weight is 456 g/mol. The molecule has 1 heterocycles. The number of benzene rings is 3. The normalized spacial score (nSPS) is 14.2. The quantitative estimate of drug-likeness (QED) is 0.308. The van der Waals surface area contributed by atoms with Crippen molar-refractivity contribution in [2.24, 2.45) is 0 Å². The van der Waals surface area contributed by atoms with Crippen molar-refractivity contribution in [1.29, 1.82) is 0 Å². The van der Waals surface area contributed by atoms with Crippen molar-refractivity contribution >= 4 is 16.9 Å². The number of aromatic amines is 1. The van der Waals surface area contributed by atoms with Crippen molar-refractivity contribution in [2.45, 2.75) is 51.2 Å². The molecule has 1 saturated carbocycles. The number of fused-ring (bicyclic) bond motifs is 1. The molecule has 5 nitrogen and oxygen atoms in total. The van der Waals surface area contributed by atoms with E-state index < -0.39 is 5.97 Å². The summed E-state index contributed by atoms with van der Waals surface area (Å²) in [5.41, 5.74) is 4.45. The van der Waals surface area contributed by atoms with E-state index in [4.69, 9.17) is 9.47 Å². The van der Waals surface area contributed by atoms with Crippen LogP contribution in [0.3, 0.4) is 0 Å². The second-order valence-corrected chi connectivity index (χ2v) is 8.94. The molecule has 4 aromatic rings. The number of carboxylic acids is 1. The standard InChI is InChI=1S/C29H29NO4/c31-28(32)18-26-25-17-24(34-22-11-5-2-6-12-22)14-15-27(25)30-29(26)21-10-7-13-23(16-21)33-19-20-8-3-1-4-9-20/h1,3-4,7-10,13-17,22,30H,2,5-6,11-12,18-19H2,(H,31,32). The summed E-state index contributed by atoms with van der Waals surface area (Å²) in [5.74, 6) is 0.677. The third-order valence-electron chi connectivity index (χ3n) is 6.43. The number of nitrogens with one attached hydrogen (secondary N) is 1. The first-order valence-electron chi connectivity index (χ1n) is 12.0. The lowest BCUT2D eigenvalue weighted by atomic mass is 9.98. The van der Waals surface area contributed by atoms with Gasteiger partial charge in [-0.2, -0.15) is 0 Å². The highest BCUT2D eigenvalue weighted by Crippen LogP contribution is 2.35. The molecule has 174 valence electrons. The molecule has 1 fully saturated rings. The molecule has 3 aromatic carbocycles. The van der Waals surface area contributed by atoms with Gasteiger partial charge in [0.15, 0.2) is 0 Å². The van der Waals surface area contributed by atoms with Gasteiger partial charge in [-0.3, -0.25) is 4.79 Å². The zero-order valence-corrected chi connectivity index (χ0v) is 19.1. The lowest BCUT2D eigenvalue weighted by Crippen LogP contribution is -2.19. The molecule has 5 heteroatoms. The molecule has 0 atom stereocenters. The van der Waals surface area contributed by atoms with Crippen LogP contribution in [0.2, 0.25) is 0 Å². The number of aliphatic carboxylic acids is 1. The van der Waals surface area contributed by atoms with Crippen LogP contribution in [0, 0.1) is 0 Å². The van der Waals surface area contributed by atoms with E-state index in [0.717, 1.165) is 57.6 Å². The zero-order chi connectivity index (χ0) is 23.3. The van der Waals surface area contributed by atoms with Gasteiger partial charge in [0.2, 0.25) is 0 Å². The topological polar surface area (TPSA) is 71.5 Å². The highest BCUT2D eigenvalue weighted by Gasteiger charge is 2.19. The van der Waals surface area contributed by atoms with Crippen molar-refractivity contribution in [3.05, 3.63) is 83.9 Å². The maximum absolute atomic E-state index is 11.8. The van der Waals surface area contributed by atoms with Gasteiger partial charge in [0.1, 0.15) is 18.1 Å². The number of ether oxygens (including phenoxy) is 2. The minimum Gasteiger partial charge on any atom is -0.490 e. The van der Waals surface area contributed by atoms with Crippen molar-refractivity contribution < 1.29 is 19.4 Å².